The number of hydrogen-bond acceptors (Lipinski definition) is 1. The van der Waals surface area contributed by atoms with Gasteiger partial charge in [0.25, 0.3) is 0 Å². The maximum atomic E-state index is 9.87. The van der Waals surface area contributed by atoms with Gasteiger partial charge in [0.05, 0.1) is 6.10 Å². The van der Waals surface area contributed by atoms with Crippen LogP contribution in [0.5, 0.6) is 0 Å². The van der Waals surface area contributed by atoms with Gasteiger partial charge in [0.1, 0.15) is 0 Å². The second kappa shape index (κ2) is 3.78. The third kappa shape index (κ3) is 1.82. The van der Waals surface area contributed by atoms with Crippen LogP contribution in [0.1, 0.15) is 40.5 Å². The van der Waals surface area contributed by atoms with Crippen LogP contribution in [-0.4, -0.2) is 11.2 Å². The van der Waals surface area contributed by atoms with E-state index >= 15 is 0 Å². The number of aliphatic hydroxyl groups is 1. The summed E-state index contributed by atoms with van der Waals surface area (Å²) in [5.41, 5.74) is 0. The zero-order valence-corrected chi connectivity index (χ0v) is 8.75. The minimum atomic E-state index is -0.0638. The Bertz CT molecular complexity index is 142. The standard InChI is InChI=1S/C11H22O/c1-7(2)10-6-5-8(3)11(12)9(10)4/h7-12H,5-6H2,1-4H3. The fourth-order valence-electron chi connectivity index (χ4n) is 2.60. The van der Waals surface area contributed by atoms with Crippen molar-refractivity contribution < 1.29 is 5.11 Å². The van der Waals surface area contributed by atoms with Gasteiger partial charge in [0, 0.05) is 0 Å². The van der Waals surface area contributed by atoms with E-state index in [4.69, 9.17) is 0 Å². The predicted octanol–water partition coefficient (Wildman–Crippen LogP) is 2.69. The van der Waals surface area contributed by atoms with E-state index in [0.29, 0.717) is 11.8 Å². The third-order valence-electron chi connectivity index (χ3n) is 3.61. The average Bonchev–Trinajstić information content (AvgIpc) is 2.00. The van der Waals surface area contributed by atoms with Gasteiger partial charge in [-0.2, -0.15) is 0 Å². The normalized spacial score (nSPS) is 43.5. The second-order valence-corrected chi connectivity index (χ2v) is 4.81. The molecule has 1 heteroatoms. The Balaban J connectivity index is 2.58. The molecule has 1 N–H and O–H groups in total. The predicted molar refractivity (Wildman–Crippen MR) is 51.9 cm³/mol. The summed E-state index contributed by atoms with van der Waals surface area (Å²) < 4.78 is 0. The highest BCUT2D eigenvalue weighted by molar-refractivity contribution is 4.84. The zero-order valence-electron chi connectivity index (χ0n) is 8.75. The summed E-state index contributed by atoms with van der Waals surface area (Å²) >= 11 is 0. The topological polar surface area (TPSA) is 20.2 Å². The molecule has 0 aromatic rings. The molecule has 1 rings (SSSR count). The summed E-state index contributed by atoms with van der Waals surface area (Å²) in [6.45, 7) is 8.90. The third-order valence-corrected chi connectivity index (χ3v) is 3.61. The molecule has 4 unspecified atom stereocenters. The molecule has 0 aliphatic heterocycles. The highest BCUT2D eigenvalue weighted by atomic mass is 16.3. The molecule has 0 amide bonds. The van der Waals surface area contributed by atoms with Crippen molar-refractivity contribution in [3.8, 4) is 0 Å². The van der Waals surface area contributed by atoms with Gasteiger partial charge in [0.15, 0.2) is 0 Å². The van der Waals surface area contributed by atoms with Crippen molar-refractivity contribution in [2.45, 2.75) is 46.6 Å². The second-order valence-electron chi connectivity index (χ2n) is 4.81. The molecule has 0 aromatic carbocycles. The van der Waals surface area contributed by atoms with Crippen LogP contribution in [0.15, 0.2) is 0 Å². The first-order valence-corrected chi connectivity index (χ1v) is 5.22. The Hall–Kier alpha value is -0.0400. The smallest absolute Gasteiger partial charge is 0.0594 e. The van der Waals surface area contributed by atoms with Gasteiger partial charge < -0.3 is 5.11 Å². The molecule has 0 spiro atoms. The summed E-state index contributed by atoms with van der Waals surface area (Å²) in [6.07, 6.45) is 2.44. The van der Waals surface area contributed by atoms with Crippen molar-refractivity contribution in [2.24, 2.45) is 23.7 Å². The Morgan fingerprint density at radius 1 is 1.17 bits per heavy atom. The molecule has 0 bridgehead atoms. The van der Waals surface area contributed by atoms with Crippen molar-refractivity contribution >= 4 is 0 Å². The van der Waals surface area contributed by atoms with Crippen LogP contribution in [-0.2, 0) is 0 Å². The summed E-state index contributed by atoms with van der Waals surface area (Å²) in [6, 6.07) is 0. The summed E-state index contributed by atoms with van der Waals surface area (Å²) in [5, 5.41) is 9.87. The molecule has 0 saturated heterocycles. The van der Waals surface area contributed by atoms with E-state index in [2.05, 4.69) is 27.7 Å². The lowest BCUT2D eigenvalue weighted by Crippen LogP contribution is -2.38. The van der Waals surface area contributed by atoms with E-state index in [1.807, 2.05) is 0 Å². The lowest BCUT2D eigenvalue weighted by Gasteiger charge is -2.39. The Kier molecular flexibility index (Phi) is 3.16. The summed E-state index contributed by atoms with van der Waals surface area (Å²) in [7, 11) is 0. The van der Waals surface area contributed by atoms with Gasteiger partial charge in [-0.25, -0.2) is 0 Å². The number of aliphatic hydroxyl groups excluding tert-OH is 1. The summed E-state index contributed by atoms with van der Waals surface area (Å²) in [5.74, 6) is 2.46. The van der Waals surface area contributed by atoms with Crippen molar-refractivity contribution in [1.82, 2.24) is 0 Å². The van der Waals surface area contributed by atoms with Gasteiger partial charge in [0.2, 0.25) is 0 Å². The van der Waals surface area contributed by atoms with Gasteiger partial charge in [-0.15, -0.1) is 0 Å². The molecule has 12 heavy (non-hydrogen) atoms. The number of rotatable bonds is 1. The average molecular weight is 170 g/mol. The molecule has 1 fully saturated rings. The first-order chi connectivity index (χ1) is 5.54. The molecule has 4 atom stereocenters. The maximum absolute atomic E-state index is 9.87. The molecule has 1 nitrogen and oxygen atoms in total. The Morgan fingerprint density at radius 2 is 1.75 bits per heavy atom. The molecule has 1 saturated carbocycles. The fraction of sp³-hybridized carbons (Fsp3) is 1.00. The quantitative estimate of drug-likeness (QED) is 0.641. The van der Waals surface area contributed by atoms with Crippen LogP contribution < -0.4 is 0 Å². The van der Waals surface area contributed by atoms with E-state index in [9.17, 15) is 5.11 Å². The molecule has 1 aliphatic carbocycles. The van der Waals surface area contributed by atoms with Crippen LogP contribution in [0.25, 0.3) is 0 Å². The van der Waals surface area contributed by atoms with Crippen LogP contribution in [0.4, 0.5) is 0 Å². The highest BCUT2D eigenvalue weighted by Gasteiger charge is 2.34. The SMILES string of the molecule is CC(C)C1CCC(C)C(O)C1C. The van der Waals surface area contributed by atoms with E-state index in [1.54, 1.807) is 0 Å². The summed E-state index contributed by atoms with van der Waals surface area (Å²) in [4.78, 5) is 0. The van der Waals surface area contributed by atoms with E-state index < -0.39 is 0 Å². The van der Waals surface area contributed by atoms with Crippen LogP contribution >= 0.6 is 0 Å². The van der Waals surface area contributed by atoms with Gasteiger partial charge in [-0.3, -0.25) is 0 Å². The molecular formula is C11H22O. The van der Waals surface area contributed by atoms with E-state index in [0.717, 1.165) is 11.8 Å². The molecule has 0 heterocycles. The molecule has 0 aromatic heterocycles. The highest BCUT2D eigenvalue weighted by Crippen LogP contribution is 2.37. The molecule has 72 valence electrons. The molecular weight excluding hydrogens is 148 g/mol. The van der Waals surface area contributed by atoms with Crippen molar-refractivity contribution in [3.63, 3.8) is 0 Å². The number of hydrogen-bond donors (Lipinski definition) is 1. The fourth-order valence-corrected chi connectivity index (χ4v) is 2.60. The van der Waals surface area contributed by atoms with E-state index in [-0.39, 0.29) is 6.10 Å². The largest absolute Gasteiger partial charge is 0.393 e. The first-order valence-electron chi connectivity index (χ1n) is 5.22. The minimum absolute atomic E-state index is 0.0638. The zero-order chi connectivity index (χ0) is 9.30. The van der Waals surface area contributed by atoms with Gasteiger partial charge in [-0.1, -0.05) is 27.7 Å². The Labute approximate surface area is 76.2 Å². The van der Waals surface area contributed by atoms with Crippen LogP contribution in [0.3, 0.4) is 0 Å². The van der Waals surface area contributed by atoms with Crippen LogP contribution in [0, 0.1) is 23.7 Å². The van der Waals surface area contributed by atoms with Crippen LogP contribution in [0.2, 0.25) is 0 Å². The van der Waals surface area contributed by atoms with Gasteiger partial charge >= 0.3 is 0 Å². The van der Waals surface area contributed by atoms with Crippen molar-refractivity contribution in [1.29, 1.82) is 0 Å². The van der Waals surface area contributed by atoms with Gasteiger partial charge in [-0.05, 0) is 36.5 Å². The molecule has 0 radical (unpaired) electrons. The van der Waals surface area contributed by atoms with Crippen molar-refractivity contribution in [2.75, 3.05) is 0 Å². The molecule has 1 aliphatic rings. The lowest BCUT2D eigenvalue weighted by atomic mass is 9.69. The lowest BCUT2D eigenvalue weighted by molar-refractivity contribution is -0.0125. The van der Waals surface area contributed by atoms with Crippen molar-refractivity contribution in [3.05, 3.63) is 0 Å². The first kappa shape index (κ1) is 10.0. The minimum Gasteiger partial charge on any atom is -0.393 e. The maximum Gasteiger partial charge on any atom is 0.0594 e. The van der Waals surface area contributed by atoms with E-state index in [1.165, 1.54) is 12.8 Å². The monoisotopic (exact) mass is 170 g/mol. The Morgan fingerprint density at radius 3 is 2.25 bits per heavy atom.